The van der Waals surface area contributed by atoms with Crippen LogP contribution in [-0.2, 0) is 0 Å². The fraction of sp³-hybridized carbons (Fsp3) is 0.333. The van der Waals surface area contributed by atoms with Crippen molar-refractivity contribution in [1.82, 2.24) is 9.97 Å². The van der Waals surface area contributed by atoms with Gasteiger partial charge in [-0.1, -0.05) is 11.6 Å². The first-order valence-corrected chi connectivity index (χ1v) is 9.88. The number of nitrogens with zero attached hydrogens (tertiary/aromatic N) is 2. The number of hydrogen-bond acceptors (Lipinski definition) is 6. The van der Waals surface area contributed by atoms with Crippen LogP contribution in [0.3, 0.4) is 0 Å². The van der Waals surface area contributed by atoms with Crippen molar-refractivity contribution in [1.29, 1.82) is 0 Å². The van der Waals surface area contributed by atoms with E-state index in [-0.39, 0.29) is 17.2 Å². The number of halogens is 2. The SMILES string of the molecule is COc1cc2ncnc(Nc3ccc(F)c(Cl)c3)c2cc1OC1CCC(N)CC1. The van der Waals surface area contributed by atoms with Gasteiger partial charge in [0.15, 0.2) is 11.5 Å². The molecule has 1 aliphatic rings. The third-order valence-corrected chi connectivity index (χ3v) is 5.41. The molecule has 4 rings (SSSR count). The van der Waals surface area contributed by atoms with Gasteiger partial charge in [0.05, 0.1) is 23.8 Å². The van der Waals surface area contributed by atoms with Crippen LogP contribution < -0.4 is 20.5 Å². The average Bonchev–Trinajstić information content (AvgIpc) is 2.72. The lowest BCUT2D eigenvalue weighted by molar-refractivity contribution is 0.142. The predicted octanol–water partition coefficient (Wildman–Crippen LogP) is 4.82. The highest BCUT2D eigenvalue weighted by Gasteiger charge is 2.22. The fourth-order valence-electron chi connectivity index (χ4n) is 3.51. The minimum Gasteiger partial charge on any atom is -0.493 e. The molecule has 1 aliphatic carbocycles. The number of methoxy groups -OCH3 is 1. The fourth-order valence-corrected chi connectivity index (χ4v) is 3.69. The second-order valence-corrected chi connectivity index (χ2v) is 7.56. The lowest BCUT2D eigenvalue weighted by atomic mass is 9.94. The molecule has 3 aromatic rings. The summed E-state index contributed by atoms with van der Waals surface area (Å²) in [6.45, 7) is 0. The van der Waals surface area contributed by atoms with E-state index in [1.54, 1.807) is 13.2 Å². The zero-order chi connectivity index (χ0) is 20.4. The zero-order valence-electron chi connectivity index (χ0n) is 16.0. The maximum atomic E-state index is 13.4. The molecule has 0 unspecified atom stereocenters. The summed E-state index contributed by atoms with van der Waals surface area (Å²) in [6, 6.07) is 8.36. The Labute approximate surface area is 173 Å². The molecule has 29 heavy (non-hydrogen) atoms. The molecular formula is C21H22ClFN4O2. The number of hydrogen-bond donors (Lipinski definition) is 2. The monoisotopic (exact) mass is 416 g/mol. The van der Waals surface area contributed by atoms with Crippen LogP contribution in [0, 0.1) is 5.82 Å². The summed E-state index contributed by atoms with van der Waals surface area (Å²) in [5.41, 5.74) is 7.32. The van der Waals surface area contributed by atoms with E-state index in [0.29, 0.717) is 28.5 Å². The minimum absolute atomic E-state index is 0.0366. The highest BCUT2D eigenvalue weighted by Crippen LogP contribution is 2.37. The molecule has 1 saturated carbocycles. The summed E-state index contributed by atoms with van der Waals surface area (Å²) in [6.07, 6.45) is 5.26. The molecule has 3 N–H and O–H groups in total. The van der Waals surface area contributed by atoms with Gasteiger partial charge in [0.25, 0.3) is 0 Å². The Morgan fingerprint density at radius 1 is 1.10 bits per heavy atom. The van der Waals surface area contributed by atoms with Crippen molar-refractivity contribution in [2.75, 3.05) is 12.4 Å². The third kappa shape index (κ3) is 4.36. The second kappa shape index (κ2) is 8.39. The molecule has 1 heterocycles. The molecule has 1 fully saturated rings. The summed E-state index contributed by atoms with van der Waals surface area (Å²) >= 11 is 5.89. The van der Waals surface area contributed by atoms with Crippen LogP contribution in [0.4, 0.5) is 15.9 Å². The van der Waals surface area contributed by atoms with Crippen LogP contribution in [0.25, 0.3) is 10.9 Å². The molecule has 0 atom stereocenters. The van der Waals surface area contributed by atoms with E-state index in [4.69, 9.17) is 26.8 Å². The van der Waals surface area contributed by atoms with E-state index >= 15 is 0 Å². The van der Waals surface area contributed by atoms with Crippen molar-refractivity contribution in [3.05, 3.63) is 47.5 Å². The van der Waals surface area contributed by atoms with Gasteiger partial charge in [-0.3, -0.25) is 0 Å². The Balaban J connectivity index is 1.67. The van der Waals surface area contributed by atoms with E-state index < -0.39 is 5.82 Å². The Morgan fingerprint density at radius 3 is 2.62 bits per heavy atom. The van der Waals surface area contributed by atoms with E-state index in [9.17, 15) is 4.39 Å². The van der Waals surface area contributed by atoms with Gasteiger partial charge in [0.2, 0.25) is 0 Å². The van der Waals surface area contributed by atoms with Gasteiger partial charge in [-0.05, 0) is 49.9 Å². The Hall–Kier alpha value is -2.64. The van der Waals surface area contributed by atoms with Gasteiger partial charge >= 0.3 is 0 Å². The van der Waals surface area contributed by atoms with Gasteiger partial charge in [-0.15, -0.1) is 0 Å². The molecule has 0 saturated heterocycles. The molecule has 0 bridgehead atoms. The second-order valence-electron chi connectivity index (χ2n) is 7.15. The van der Waals surface area contributed by atoms with Gasteiger partial charge in [-0.2, -0.15) is 0 Å². The Bertz CT molecular complexity index is 1020. The van der Waals surface area contributed by atoms with Gasteiger partial charge < -0.3 is 20.5 Å². The molecule has 0 radical (unpaired) electrons. The van der Waals surface area contributed by atoms with Crippen molar-refractivity contribution in [2.24, 2.45) is 5.73 Å². The topological polar surface area (TPSA) is 82.3 Å². The van der Waals surface area contributed by atoms with Crippen LogP contribution in [0.2, 0.25) is 5.02 Å². The molecule has 0 spiro atoms. The molecular weight excluding hydrogens is 395 g/mol. The molecule has 8 heteroatoms. The summed E-state index contributed by atoms with van der Waals surface area (Å²) in [5, 5.41) is 3.97. The van der Waals surface area contributed by atoms with Gasteiger partial charge in [0, 0.05) is 23.2 Å². The number of ether oxygens (including phenoxy) is 2. The number of benzene rings is 2. The maximum absolute atomic E-state index is 13.4. The number of rotatable bonds is 5. The third-order valence-electron chi connectivity index (χ3n) is 5.12. The first-order chi connectivity index (χ1) is 14.0. The van der Waals surface area contributed by atoms with E-state index in [1.165, 1.54) is 18.5 Å². The molecule has 0 aliphatic heterocycles. The Kier molecular flexibility index (Phi) is 5.69. The number of aromatic nitrogens is 2. The standard InChI is InChI=1S/C21H22ClFN4O2/c1-28-19-10-18-15(9-20(19)29-14-5-2-12(24)3-6-14)21(26-11-25-18)27-13-4-7-17(23)16(22)8-13/h4,7-12,14H,2-3,5-6,24H2,1H3,(H,25,26,27). The van der Waals surface area contributed by atoms with Crippen molar-refractivity contribution >= 4 is 34.0 Å². The summed E-state index contributed by atoms with van der Waals surface area (Å²) in [4.78, 5) is 8.67. The quantitative estimate of drug-likeness (QED) is 0.620. The van der Waals surface area contributed by atoms with Crippen molar-refractivity contribution < 1.29 is 13.9 Å². The van der Waals surface area contributed by atoms with Crippen molar-refractivity contribution in [3.63, 3.8) is 0 Å². The molecule has 0 amide bonds. The van der Waals surface area contributed by atoms with Crippen LogP contribution in [0.5, 0.6) is 11.5 Å². The molecule has 2 aromatic carbocycles. The minimum atomic E-state index is -0.475. The van der Waals surface area contributed by atoms with Crippen LogP contribution in [0.1, 0.15) is 25.7 Å². The van der Waals surface area contributed by atoms with Crippen LogP contribution in [0.15, 0.2) is 36.7 Å². The van der Waals surface area contributed by atoms with Gasteiger partial charge in [-0.25, -0.2) is 14.4 Å². The first-order valence-electron chi connectivity index (χ1n) is 9.50. The lowest BCUT2D eigenvalue weighted by Gasteiger charge is -2.27. The zero-order valence-corrected chi connectivity index (χ0v) is 16.7. The number of fused-ring (bicyclic) bond motifs is 1. The summed E-state index contributed by atoms with van der Waals surface area (Å²) < 4.78 is 25.2. The van der Waals surface area contributed by atoms with Crippen molar-refractivity contribution in [3.8, 4) is 11.5 Å². The summed E-state index contributed by atoms with van der Waals surface area (Å²) in [7, 11) is 1.60. The lowest BCUT2D eigenvalue weighted by Crippen LogP contribution is -2.31. The molecule has 1 aromatic heterocycles. The maximum Gasteiger partial charge on any atom is 0.162 e. The van der Waals surface area contributed by atoms with E-state index in [1.807, 2.05) is 12.1 Å². The molecule has 6 nitrogen and oxygen atoms in total. The van der Waals surface area contributed by atoms with E-state index in [0.717, 1.165) is 31.1 Å². The number of nitrogens with two attached hydrogens (primary N) is 1. The molecule has 152 valence electrons. The number of nitrogens with one attached hydrogen (secondary N) is 1. The normalized spacial score (nSPS) is 19.2. The first kappa shape index (κ1) is 19.7. The summed E-state index contributed by atoms with van der Waals surface area (Å²) in [5.74, 6) is 1.34. The van der Waals surface area contributed by atoms with E-state index in [2.05, 4.69) is 15.3 Å². The largest absolute Gasteiger partial charge is 0.493 e. The Morgan fingerprint density at radius 2 is 1.90 bits per heavy atom. The van der Waals surface area contributed by atoms with Crippen LogP contribution in [-0.4, -0.2) is 29.2 Å². The van der Waals surface area contributed by atoms with Crippen molar-refractivity contribution in [2.45, 2.75) is 37.8 Å². The number of anilines is 2. The highest BCUT2D eigenvalue weighted by molar-refractivity contribution is 6.31. The highest BCUT2D eigenvalue weighted by atomic mass is 35.5. The smallest absolute Gasteiger partial charge is 0.162 e. The van der Waals surface area contributed by atoms with Gasteiger partial charge in [0.1, 0.15) is 18.0 Å². The van der Waals surface area contributed by atoms with Crippen LogP contribution >= 0.6 is 11.6 Å². The predicted molar refractivity (Wildman–Crippen MR) is 112 cm³/mol. The average molecular weight is 417 g/mol.